The van der Waals surface area contributed by atoms with E-state index in [2.05, 4.69) is 35.6 Å². The topological polar surface area (TPSA) is 37.7 Å². The molecule has 4 rings (SSSR count). The Morgan fingerprint density at radius 1 is 1.03 bits per heavy atom. The van der Waals surface area contributed by atoms with Crippen LogP contribution in [0.1, 0.15) is 19.9 Å². The van der Waals surface area contributed by atoms with E-state index in [1.54, 1.807) is 12.1 Å². The Morgan fingerprint density at radius 3 is 2.45 bits per heavy atom. The molecule has 0 N–H and O–H groups in total. The first-order valence-corrected chi connectivity index (χ1v) is 10.0. The molecule has 2 heterocycles. The molecule has 1 aliphatic rings. The predicted molar refractivity (Wildman–Crippen MR) is 113 cm³/mol. The molecule has 0 radical (unpaired) electrons. The Morgan fingerprint density at radius 2 is 1.76 bits per heavy atom. The molecule has 0 bridgehead atoms. The second-order valence-corrected chi connectivity index (χ2v) is 7.64. The summed E-state index contributed by atoms with van der Waals surface area (Å²) in [5.74, 6) is 0.489. The highest BCUT2D eigenvalue weighted by Crippen LogP contribution is 2.28. The third-order valence-corrected chi connectivity index (χ3v) is 5.45. The minimum Gasteiger partial charge on any atom is -0.483 e. The predicted octanol–water partition coefficient (Wildman–Crippen LogP) is 4.09. The first-order valence-electron chi connectivity index (χ1n) is 10.0. The van der Waals surface area contributed by atoms with Crippen molar-refractivity contribution in [3.05, 3.63) is 60.5 Å². The second kappa shape index (κ2) is 8.15. The van der Waals surface area contributed by atoms with Crippen molar-refractivity contribution in [1.29, 1.82) is 0 Å². The molecule has 0 spiro atoms. The average Bonchev–Trinajstić information content (AvgIpc) is 3.18. The molecule has 0 saturated carbocycles. The molecule has 1 amide bonds. The van der Waals surface area contributed by atoms with E-state index in [1.165, 1.54) is 12.1 Å². The van der Waals surface area contributed by atoms with Crippen LogP contribution < -0.4 is 9.64 Å². The molecule has 1 aromatic heterocycles. The molecule has 5 nitrogen and oxygen atoms in total. The van der Waals surface area contributed by atoms with Gasteiger partial charge in [0, 0.05) is 49.5 Å². The normalized spacial score (nSPS) is 14.6. The van der Waals surface area contributed by atoms with E-state index in [0.717, 1.165) is 35.4 Å². The van der Waals surface area contributed by atoms with E-state index in [0.29, 0.717) is 19.1 Å². The van der Waals surface area contributed by atoms with Crippen molar-refractivity contribution in [1.82, 2.24) is 9.47 Å². The number of fused-ring (bicyclic) bond motifs is 1. The molecule has 2 aromatic carbocycles. The van der Waals surface area contributed by atoms with Gasteiger partial charge in [-0.1, -0.05) is 6.07 Å². The van der Waals surface area contributed by atoms with Gasteiger partial charge in [-0.15, -0.1) is 0 Å². The zero-order valence-electron chi connectivity index (χ0n) is 16.8. The SMILES string of the molecule is CC(C)n1ccc2c(OCC(=O)N3CCN(c4ccc(F)cc4)CC3)cccc21. The highest BCUT2D eigenvalue weighted by Gasteiger charge is 2.22. The minimum absolute atomic E-state index is 0.0101. The standard InChI is InChI=1S/C23H26FN3O2/c1-17(2)27-11-10-20-21(27)4-3-5-22(20)29-16-23(28)26-14-12-25(13-15-26)19-8-6-18(24)7-9-19/h3-11,17H,12-16H2,1-2H3. The number of rotatable bonds is 5. The molecule has 1 aliphatic heterocycles. The smallest absolute Gasteiger partial charge is 0.260 e. The minimum atomic E-state index is -0.238. The van der Waals surface area contributed by atoms with Crippen molar-refractivity contribution in [2.24, 2.45) is 0 Å². The Kier molecular flexibility index (Phi) is 5.43. The quantitative estimate of drug-likeness (QED) is 0.653. The molecule has 1 fully saturated rings. The summed E-state index contributed by atoms with van der Waals surface area (Å²) in [4.78, 5) is 16.6. The van der Waals surface area contributed by atoms with Crippen LogP contribution in [0.3, 0.4) is 0 Å². The number of nitrogens with zero attached hydrogens (tertiary/aromatic N) is 3. The summed E-state index contributed by atoms with van der Waals surface area (Å²) in [6.45, 7) is 7.03. The van der Waals surface area contributed by atoms with E-state index < -0.39 is 0 Å². The van der Waals surface area contributed by atoms with Gasteiger partial charge in [-0.05, 0) is 56.3 Å². The van der Waals surface area contributed by atoms with Crippen LogP contribution >= 0.6 is 0 Å². The number of hydrogen-bond donors (Lipinski definition) is 0. The number of piperazine rings is 1. The number of carbonyl (C=O) groups is 1. The number of benzene rings is 2. The summed E-state index contributed by atoms with van der Waals surface area (Å²) < 4.78 is 21.2. The lowest BCUT2D eigenvalue weighted by atomic mass is 10.2. The van der Waals surface area contributed by atoms with Crippen molar-refractivity contribution in [3.8, 4) is 5.75 Å². The molecule has 0 unspecified atom stereocenters. The van der Waals surface area contributed by atoms with Gasteiger partial charge in [0.15, 0.2) is 6.61 Å². The van der Waals surface area contributed by atoms with Crippen LogP contribution in [0.4, 0.5) is 10.1 Å². The van der Waals surface area contributed by atoms with Gasteiger partial charge in [0.05, 0.1) is 5.52 Å². The molecule has 0 aliphatic carbocycles. The first kappa shape index (κ1) is 19.3. The lowest BCUT2D eigenvalue weighted by Gasteiger charge is -2.36. The van der Waals surface area contributed by atoms with E-state index in [1.807, 2.05) is 23.1 Å². The van der Waals surface area contributed by atoms with Gasteiger partial charge in [0.2, 0.25) is 0 Å². The van der Waals surface area contributed by atoms with E-state index in [9.17, 15) is 9.18 Å². The number of amides is 1. The first-order chi connectivity index (χ1) is 14.0. The van der Waals surface area contributed by atoms with Crippen molar-refractivity contribution in [2.75, 3.05) is 37.7 Å². The van der Waals surface area contributed by atoms with Crippen LogP contribution in [0.5, 0.6) is 5.75 Å². The second-order valence-electron chi connectivity index (χ2n) is 7.64. The number of carbonyl (C=O) groups excluding carboxylic acids is 1. The number of anilines is 1. The summed E-state index contributed by atoms with van der Waals surface area (Å²) in [6.07, 6.45) is 2.05. The van der Waals surface area contributed by atoms with Gasteiger partial charge in [0.1, 0.15) is 11.6 Å². The maximum absolute atomic E-state index is 13.1. The van der Waals surface area contributed by atoms with Gasteiger partial charge in [0.25, 0.3) is 5.91 Å². The third kappa shape index (κ3) is 4.06. The van der Waals surface area contributed by atoms with Crippen LogP contribution in [-0.2, 0) is 4.79 Å². The van der Waals surface area contributed by atoms with Crippen LogP contribution in [0, 0.1) is 5.82 Å². The largest absolute Gasteiger partial charge is 0.483 e. The summed E-state index contributed by atoms with van der Waals surface area (Å²) in [5.41, 5.74) is 2.09. The zero-order valence-corrected chi connectivity index (χ0v) is 16.8. The molecule has 1 saturated heterocycles. The number of hydrogen-bond acceptors (Lipinski definition) is 3. The van der Waals surface area contributed by atoms with Gasteiger partial charge >= 0.3 is 0 Å². The average molecular weight is 395 g/mol. The maximum Gasteiger partial charge on any atom is 0.260 e. The van der Waals surface area contributed by atoms with Crippen LogP contribution in [0.25, 0.3) is 10.9 Å². The monoisotopic (exact) mass is 395 g/mol. The Hall–Kier alpha value is -3.02. The van der Waals surface area contributed by atoms with Crippen molar-refractivity contribution >= 4 is 22.5 Å². The highest BCUT2D eigenvalue weighted by molar-refractivity contribution is 5.87. The molecule has 0 atom stereocenters. The fourth-order valence-corrected chi connectivity index (χ4v) is 3.83. The van der Waals surface area contributed by atoms with Crippen molar-refractivity contribution in [2.45, 2.75) is 19.9 Å². The van der Waals surface area contributed by atoms with Crippen LogP contribution in [-0.4, -0.2) is 48.2 Å². The Bertz CT molecular complexity index is 989. The summed E-state index contributed by atoms with van der Waals surface area (Å²) in [6, 6.07) is 14.8. The third-order valence-electron chi connectivity index (χ3n) is 5.45. The summed E-state index contributed by atoms with van der Waals surface area (Å²) in [5, 5.41) is 1.02. The molecular weight excluding hydrogens is 369 g/mol. The summed E-state index contributed by atoms with van der Waals surface area (Å²) in [7, 11) is 0. The van der Waals surface area contributed by atoms with E-state index in [-0.39, 0.29) is 18.3 Å². The number of aromatic nitrogens is 1. The number of halogens is 1. The fourth-order valence-electron chi connectivity index (χ4n) is 3.83. The highest BCUT2D eigenvalue weighted by atomic mass is 19.1. The lowest BCUT2D eigenvalue weighted by molar-refractivity contribution is -0.133. The van der Waals surface area contributed by atoms with Crippen LogP contribution in [0.2, 0.25) is 0 Å². The molecule has 29 heavy (non-hydrogen) atoms. The molecule has 152 valence electrons. The Labute approximate surface area is 170 Å². The fraction of sp³-hybridized carbons (Fsp3) is 0.348. The summed E-state index contributed by atoms with van der Waals surface area (Å²) >= 11 is 0. The Balaban J connectivity index is 1.35. The molecule has 6 heteroatoms. The maximum atomic E-state index is 13.1. The zero-order chi connectivity index (χ0) is 20.4. The molecule has 3 aromatic rings. The van der Waals surface area contributed by atoms with Gasteiger partial charge < -0.3 is 19.1 Å². The van der Waals surface area contributed by atoms with E-state index >= 15 is 0 Å². The van der Waals surface area contributed by atoms with Crippen molar-refractivity contribution < 1.29 is 13.9 Å². The molecular formula is C23H26FN3O2. The van der Waals surface area contributed by atoms with Crippen LogP contribution in [0.15, 0.2) is 54.7 Å². The van der Waals surface area contributed by atoms with Gasteiger partial charge in [-0.2, -0.15) is 0 Å². The van der Waals surface area contributed by atoms with Gasteiger partial charge in [-0.25, -0.2) is 4.39 Å². The number of ether oxygens (including phenoxy) is 1. The lowest BCUT2D eigenvalue weighted by Crippen LogP contribution is -2.50. The van der Waals surface area contributed by atoms with Crippen molar-refractivity contribution in [3.63, 3.8) is 0 Å². The van der Waals surface area contributed by atoms with E-state index in [4.69, 9.17) is 4.74 Å². The van der Waals surface area contributed by atoms with Gasteiger partial charge in [-0.3, -0.25) is 4.79 Å².